The van der Waals surface area contributed by atoms with E-state index < -0.39 is 13.7 Å². The third kappa shape index (κ3) is 5.75. The molecule has 0 unspecified atom stereocenters. The van der Waals surface area contributed by atoms with Crippen molar-refractivity contribution in [3.63, 3.8) is 0 Å². The van der Waals surface area contributed by atoms with E-state index in [0.29, 0.717) is 0 Å². The fourth-order valence-electron chi connectivity index (χ4n) is 0.188. The topological polar surface area (TPSA) is 95.9 Å². The van der Waals surface area contributed by atoms with Crippen LogP contribution in [0, 0.1) is 0 Å². The quantitative estimate of drug-likeness (QED) is 0.315. The molecule has 0 aliphatic rings. The number of hydrogen-bond acceptors (Lipinski definition) is 3. The number of nitrogens with one attached hydrogen (secondary N) is 1. The normalized spacial score (nSPS) is 10.8. The molecule has 0 radical (unpaired) electrons. The van der Waals surface area contributed by atoms with Crippen molar-refractivity contribution in [1.82, 2.24) is 5.48 Å². The Kier molecular flexibility index (Phi) is 3.41. The van der Waals surface area contributed by atoms with Crippen LogP contribution in [-0.2, 0) is 14.0 Å². The minimum absolute atomic E-state index is 0.0958. The number of carbonyl (C=O) groups is 1. The van der Waals surface area contributed by atoms with Crippen molar-refractivity contribution in [2.45, 2.75) is 6.92 Å². The lowest BCUT2D eigenvalue weighted by atomic mass is 10.3. The Bertz CT molecular complexity index is 219. The lowest BCUT2D eigenvalue weighted by molar-refractivity contribution is -0.124. The van der Waals surface area contributed by atoms with Crippen LogP contribution < -0.4 is 5.48 Å². The fraction of sp³-hybridized carbons (Fsp3) is 0.250. The molecule has 3 N–H and O–H groups in total. The lowest BCUT2D eigenvalue weighted by Crippen LogP contribution is -2.22. The summed E-state index contributed by atoms with van der Waals surface area (Å²) in [6, 6.07) is 0. The second-order valence-corrected chi connectivity index (χ2v) is 2.96. The highest BCUT2D eigenvalue weighted by Gasteiger charge is 2.15. The Morgan fingerprint density at radius 1 is 1.64 bits per heavy atom. The van der Waals surface area contributed by atoms with Crippen LogP contribution >= 0.6 is 7.82 Å². The molecule has 0 aromatic rings. The van der Waals surface area contributed by atoms with Crippen molar-refractivity contribution >= 4 is 13.7 Å². The van der Waals surface area contributed by atoms with Gasteiger partial charge in [-0.05, 0) is 6.92 Å². The molecule has 0 aliphatic carbocycles. The number of amides is 1. The summed E-state index contributed by atoms with van der Waals surface area (Å²) >= 11 is 0. The fourth-order valence-corrected chi connectivity index (χ4v) is 0.390. The standard InChI is InChI=1S/C4H8NO5P/c1-3(2)4(6)5-10-11(7,8)9/h1H2,2H3,(H,5,6)(H2,7,8,9). The van der Waals surface area contributed by atoms with Crippen molar-refractivity contribution in [2.75, 3.05) is 0 Å². The highest BCUT2D eigenvalue weighted by atomic mass is 31.2. The van der Waals surface area contributed by atoms with Gasteiger partial charge in [0.05, 0.1) is 0 Å². The van der Waals surface area contributed by atoms with E-state index in [4.69, 9.17) is 9.79 Å². The summed E-state index contributed by atoms with van der Waals surface area (Å²) in [4.78, 5) is 26.7. The van der Waals surface area contributed by atoms with Gasteiger partial charge in [-0.15, -0.1) is 0 Å². The molecular formula is C4H8NO5P. The predicted molar refractivity (Wildman–Crippen MR) is 36.1 cm³/mol. The van der Waals surface area contributed by atoms with Gasteiger partial charge in [-0.1, -0.05) is 6.58 Å². The Labute approximate surface area is 63.1 Å². The lowest BCUT2D eigenvalue weighted by Gasteiger charge is -2.04. The third-order valence-corrected chi connectivity index (χ3v) is 0.974. The van der Waals surface area contributed by atoms with Crippen LogP contribution in [0.3, 0.4) is 0 Å². The molecule has 0 rings (SSSR count). The van der Waals surface area contributed by atoms with Crippen LogP contribution in [-0.4, -0.2) is 15.7 Å². The van der Waals surface area contributed by atoms with Gasteiger partial charge in [0.15, 0.2) is 0 Å². The van der Waals surface area contributed by atoms with Crippen LogP contribution in [0.1, 0.15) is 6.92 Å². The van der Waals surface area contributed by atoms with E-state index in [1.165, 1.54) is 12.4 Å². The summed E-state index contributed by atoms with van der Waals surface area (Å²) in [5.41, 5.74) is 1.62. The first-order valence-corrected chi connectivity index (χ1v) is 4.06. The molecular weight excluding hydrogens is 173 g/mol. The zero-order valence-corrected chi connectivity index (χ0v) is 6.67. The molecule has 11 heavy (non-hydrogen) atoms. The van der Waals surface area contributed by atoms with Crippen LogP contribution in [0.5, 0.6) is 0 Å². The first-order valence-electron chi connectivity index (χ1n) is 2.53. The van der Waals surface area contributed by atoms with E-state index in [0.717, 1.165) is 0 Å². The number of hydrogen-bond donors (Lipinski definition) is 3. The maximum atomic E-state index is 10.5. The largest absolute Gasteiger partial charge is 0.491 e. The van der Waals surface area contributed by atoms with Crippen molar-refractivity contribution in [3.8, 4) is 0 Å². The second kappa shape index (κ2) is 3.64. The van der Waals surface area contributed by atoms with Gasteiger partial charge < -0.3 is 9.79 Å². The third-order valence-electron chi connectivity index (χ3n) is 0.645. The van der Waals surface area contributed by atoms with Gasteiger partial charge in [0.1, 0.15) is 0 Å². The summed E-state index contributed by atoms with van der Waals surface area (Å²) in [6.07, 6.45) is 0. The zero-order valence-electron chi connectivity index (χ0n) is 5.77. The minimum atomic E-state index is -4.63. The molecule has 64 valence electrons. The van der Waals surface area contributed by atoms with Crippen molar-refractivity contribution in [2.24, 2.45) is 0 Å². The molecule has 0 aliphatic heterocycles. The van der Waals surface area contributed by atoms with Crippen molar-refractivity contribution < 1.29 is 23.8 Å². The van der Waals surface area contributed by atoms with Crippen molar-refractivity contribution in [1.29, 1.82) is 0 Å². The Balaban J connectivity index is 3.82. The highest BCUT2D eigenvalue weighted by molar-refractivity contribution is 7.46. The van der Waals surface area contributed by atoms with Gasteiger partial charge >= 0.3 is 7.82 Å². The average molecular weight is 181 g/mol. The van der Waals surface area contributed by atoms with Gasteiger partial charge in [-0.25, -0.2) is 10.0 Å². The summed E-state index contributed by atoms with van der Waals surface area (Å²) in [5.74, 6) is -0.770. The molecule has 0 bridgehead atoms. The molecule has 0 spiro atoms. The summed E-state index contributed by atoms with van der Waals surface area (Å²) in [7, 11) is -4.63. The minimum Gasteiger partial charge on any atom is -0.301 e. The van der Waals surface area contributed by atoms with E-state index >= 15 is 0 Å². The average Bonchev–Trinajstić information content (AvgIpc) is 1.80. The maximum absolute atomic E-state index is 10.5. The maximum Gasteiger partial charge on any atom is 0.491 e. The van der Waals surface area contributed by atoms with E-state index in [1.54, 1.807) is 0 Å². The monoisotopic (exact) mass is 181 g/mol. The second-order valence-electron chi connectivity index (χ2n) is 1.79. The van der Waals surface area contributed by atoms with Crippen molar-refractivity contribution in [3.05, 3.63) is 12.2 Å². The molecule has 0 aromatic carbocycles. The van der Waals surface area contributed by atoms with Crippen LogP contribution in [0.25, 0.3) is 0 Å². The molecule has 0 atom stereocenters. The van der Waals surface area contributed by atoms with Gasteiger partial charge in [-0.2, -0.15) is 4.62 Å². The first-order chi connectivity index (χ1) is 4.83. The Morgan fingerprint density at radius 3 is 2.36 bits per heavy atom. The number of hydroxylamine groups is 1. The molecule has 6 nitrogen and oxygen atoms in total. The van der Waals surface area contributed by atoms with E-state index in [2.05, 4.69) is 11.2 Å². The molecule has 0 saturated heterocycles. The molecule has 0 aromatic heterocycles. The summed E-state index contributed by atoms with van der Waals surface area (Å²) in [6.45, 7) is 4.58. The van der Waals surface area contributed by atoms with Crippen LogP contribution in [0.2, 0.25) is 0 Å². The molecule has 7 heteroatoms. The van der Waals surface area contributed by atoms with Gasteiger partial charge in [0, 0.05) is 5.57 Å². The Morgan fingerprint density at radius 2 is 2.09 bits per heavy atom. The molecule has 1 amide bonds. The summed E-state index contributed by atoms with van der Waals surface area (Å²) in [5, 5.41) is 0. The number of rotatable bonds is 3. The molecule has 0 heterocycles. The van der Waals surface area contributed by atoms with Crippen LogP contribution in [0.4, 0.5) is 0 Å². The number of carbonyl (C=O) groups excluding carboxylic acids is 1. The van der Waals surface area contributed by atoms with Gasteiger partial charge in [0.25, 0.3) is 5.91 Å². The van der Waals surface area contributed by atoms with Crippen LogP contribution in [0.15, 0.2) is 12.2 Å². The Hall–Kier alpha value is -0.680. The van der Waals surface area contributed by atoms with E-state index in [-0.39, 0.29) is 5.57 Å². The molecule has 0 saturated carbocycles. The molecule has 0 fully saturated rings. The first kappa shape index (κ1) is 10.3. The SMILES string of the molecule is C=C(C)C(=O)NOP(=O)(O)O. The van der Waals surface area contributed by atoms with E-state index in [9.17, 15) is 9.36 Å². The van der Waals surface area contributed by atoms with E-state index in [1.807, 2.05) is 0 Å². The van der Waals surface area contributed by atoms with Gasteiger partial charge in [-0.3, -0.25) is 4.79 Å². The predicted octanol–water partition coefficient (Wildman–Crippen LogP) is -0.297. The zero-order chi connectivity index (χ0) is 9.07. The summed E-state index contributed by atoms with van der Waals surface area (Å²) < 4.78 is 13.6. The number of phosphoric acid groups is 1. The van der Waals surface area contributed by atoms with Gasteiger partial charge in [0.2, 0.25) is 0 Å². The highest BCUT2D eigenvalue weighted by Crippen LogP contribution is 2.33. The smallest absolute Gasteiger partial charge is 0.301 e.